The highest BCUT2D eigenvalue weighted by Gasteiger charge is 1.83. The average Bonchev–Trinajstić information content (AvgIpc) is 1.66. The molecule has 0 saturated carbocycles. The molecule has 2 N–H and O–H groups in total. The molecule has 0 heterocycles. The van der Waals surface area contributed by atoms with Gasteiger partial charge in [0.05, 0.1) is 0 Å². The molecule has 0 bridgehead atoms. The topological polar surface area (TPSA) is 41.5 Å². The fraction of sp³-hybridized carbons (Fsp3) is 0.333. The Bertz CT molecular complexity index is 95.3. The van der Waals surface area contributed by atoms with E-state index in [0.717, 1.165) is 5.55 Å². The Balaban J connectivity index is 2.93. The summed E-state index contributed by atoms with van der Waals surface area (Å²) in [5, 5.41) is 10.3. The van der Waals surface area contributed by atoms with Crippen molar-refractivity contribution in [3.05, 3.63) is 0 Å². The largest absolute Gasteiger partial charge is 0.487 e. The van der Waals surface area contributed by atoms with E-state index in [-0.39, 0.29) is 11.9 Å². The van der Waals surface area contributed by atoms with Gasteiger partial charge in [-0.2, -0.15) is 0 Å². The molecular formula is C3H5NO2S2. The molecule has 3 nitrogen and oxygen atoms in total. The standard InChI is InChI=1S/C3H5NO2S2/c5-3(8)4-1-6-2-7/h2H,1H2,(H2,4,5,8). The summed E-state index contributed by atoms with van der Waals surface area (Å²) in [6.07, 6.45) is 0. The van der Waals surface area contributed by atoms with Gasteiger partial charge >= 0.3 is 0 Å². The zero-order valence-corrected chi connectivity index (χ0v) is 5.59. The van der Waals surface area contributed by atoms with Crippen LogP contribution in [-0.4, -0.2) is 22.6 Å². The molecule has 0 unspecified atom stereocenters. The number of hydrogen-bond acceptors (Lipinski definition) is 3. The lowest BCUT2D eigenvalue weighted by Crippen LogP contribution is -2.22. The molecule has 5 heteroatoms. The Morgan fingerprint density at radius 1 is 1.88 bits per heavy atom. The zero-order valence-electron chi connectivity index (χ0n) is 3.96. The van der Waals surface area contributed by atoms with Crippen LogP contribution in [0, 0.1) is 0 Å². The molecular weight excluding hydrogens is 146 g/mol. The van der Waals surface area contributed by atoms with Crippen LogP contribution in [0.5, 0.6) is 0 Å². The van der Waals surface area contributed by atoms with Gasteiger partial charge in [0.1, 0.15) is 5.55 Å². The first-order valence-corrected chi connectivity index (χ1v) is 2.67. The molecule has 0 saturated heterocycles. The Morgan fingerprint density at radius 2 is 2.50 bits per heavy atom. The van der Waals surface area contributed by atoms with E-state index in [0.29, 0.717) is 0 Å². The van der Waals surface area contributed by atoms with Crippen molar-refractivity contribution in [1.29, 1.82) is 0 Å². The number of rotatable bonds is 3. The van der Waals surface area contributed by atoms with Gasteiger partial charge < -0.3 is 15.2 Å². The lowest BCUT2D eigenvalue weighted by atomic mass is 11.1. The second-order valence-corrected chi connectivity index (χ2v) is 1.47. The third kappa shape index (κ3) is 5.58. The van der Waals surface area contributed by atoms with Crippen LogP contribution in [0.2, 0.25) is 0 Å². The van der Waals surface area contributed by atoms with Gasteiger partial charge in [-0.3, -0.25) is 0 Å². The maximum atomic E-state index is 8.27. The van der Waals surface area contributed by atoms with Crippen molar-refractivity contribution in [1.82, 2.24) is 5.32 Å². The predicted octanol–water partition coefficient (Wildman–Crippen LogP) is 0.350. The molecule has 0 aromatic rings. The second kappa shape index (κ2) is 4.73. The summed E-state index contributed by atoms with van der Waals surface area (Å²) in [4.78, 5) is 0. The van der Waals surface area contributed by atoms with Gasteiger partial charge in [-0.25, -0.2) is 0 Å². The molecule has 0 aliphatic rings. The normalized spacial score (nSPS) is 7.50. The van der Waals surface area contributed by atoms with Crippen molar-refractivity contribution in [2.75, 3.05) is 6.73 Å². The summed E-state index contributed by atoms with van der Waals surface area (Å²) in [6, 6.07) is 0. The van der Waals surface area contributed by atoms with E-state index in [1.807, 2.05) is 0 Å². The molecule has 0 radical (unpaired) electrons. The van der Waals surface area contributed by atoms with Crippen LogP contribution < -0.4 is 5.32 Å². The molecule has 0 atom stereocenters. The minimum atomic E-state index is -0.290. The van der Waals surface area contributed by atoms with Crippen LogP contribution in [0.25, 0.3) is 0 Å². The highest BCUT2D eigenvalue weighted by Crippen LogP contribution is 1.64. The number of thiocarbonyl (C=S) groups is 2. The van der Waals surface area contributed by atoms with Gasteiger partial charge in [-0.05, 0) is 24.4 Å². The summed E-state index contributed by atoms with van der Waals surface area (Å²) < 4.78 is 4.48. The number of ether oxygens (including phenoxy) is 1. The highest BCUT2D eigenvalue weighted by molar-refractivity contribution is 7.79. The minimum absolute atomic E-state index is 0.124. The first-order chi connectivity index (χ1) is 3.77. The Hall–Kier alpha value is -0.420. The van der Waals surface area contributed by atoms with E-state index in [2.05, 4.69) is 34.5 Å². The molecule has 8 heavy (non-hydrogen) atoms. The Labute approximate surface area is 57.6 Å². The monoisotopic (exact) mass is 151 g/mol. The van der Waals surface area contributed by atoms with E-state index in [1.165, 1.54) is 0 Å². The van der Waals surface area contributed by atoms with E-state index in [1.54, 1.807) is 0 Å². The number of aliphatic hydroxyl groups is 1. The van der Waals surface area contributed by atoms with Crippen molar-refractivity contribution < 1.29 is 9.84 Å². The lowest BCUT2D eigenvalue weighted by Gasteiger charge is -1.98. The number of aliphatic hydroxyl groups excluding tert-OH is 1. The molecule has 0 amide bonds. The SMILES string of the molecule is OC(=S)NCOC=S. The Kier molecular flexibility index (Phi) is 4.48. The van der Waals surface area contributed by atoms with E-state index < -0.39 is 0 Å². The van der Waals surface area contributed by atoms with Crippen LogP contribution in [0.3, 0.4) is 0 Å². The molecule has 0 aliphatic carbocycles. The van der Waals surface area contributed by atoms with Gasteiger partial charge in [-0.1, -0.05) is 0 Å². The summed E-state index contributed by atoms with van der Waals surface area (Å²) >= 11 is 8.52. The smallest absolute Gasteiger partial charge is 0.256 e. The minimum Gasteiger partial charge on any atom is -0.487 e. The molecule has 0 spiro atoms. The van der Waals surface area contributed by atoms with Crippen molar-refractivity contribution in [3.8, 4) is 0 Å². The van der Waals surface area contributed by atoms with Gasteiger partial charge in [0.25, 0.3) is 5.17 Å². The van der Waals surface area contributed by atoms with Crippen molar-refractivity contribution >= 4 is 35.2 Å². The molecule has 0 aromatic carbocycles. The van der Waals surface area contributed by atoms with Crippen molar-refractivity contribution in [3.63, 3.8) is 0 Å². The maximum Gasteiger partial charge on any atom is 0.256 e. The average molecular weight is 151 g/mol. The fourth-order valence-corrected chi connectivity index (χ4v) is 0.264. The summed E-state index contributed by atoms with van der Waals surface area (Å²) in [6.45, 7) is 0.124. The first kappa shape index (κ1) is 7.58. The van der Waals surface area contributed by atoms with Crippen LogP contribution >= 0.6 is 24.4 Å². The quantitative estimate of drug-likeness (QED) is 0.346. The van der Waals surface area contributed by atoms with Gasteiger partial charge in [0.15, 0.2) is 6.73 Å². The van der Waals surface area contributed by atoms with Crippen LogP contribution in [0.4, 0.5) is 0 Å². The van der Waals surface area contributed by atoms with E-state index >= 15 is 0 Å². The van der Waals surface area contributed by atoms with Crippen LogP contribution in [0.1, 0.15) is 0 Å². The number of hydrogen-bond donors (Lipinski definition) is 2. The molecule has 0 aliphatic heterocycles. The molecule has 0 rings (SSSR count). The first-order valence-electron chi connectivity index (χ1n) is 1.79. The maximum absolute atomic E-state index is 8.27. The van der Waals surface area contributed by atoms with E-state index in [4.69, 9.17) is 5.11 Å². The zero-order chi connectivity index (χ0) is 6.41. The highest BCUT2D eigenvalue weighted by atomic mass is 32.1. The molecule has 0 aromatic heterocycles. The van der Waals surface area contributed by atoms with Crippen molar-refractivity contribution in [2.45, 2.75) is 0 Å². The Morgan fingerprint density at radius 3 is 2.88 bits per heavy atom. The fourth-order valence-electron chi connectivity index (χ4n) is 0.137. The summed E-state index contributed by atoms with van der Waals surface area (Å²) in [7, 11) is 0. The summed E-state index contributed by atoms with van der Waals surface area (Å²) in [5.74, 6) is 0. The third-order valence-electron chi connectivity index (χ3n) is 0.375. The second-order valence-electron chi connectivity index (χ2n) is 0.889. The third-order valence-corrected chi connectivity index (χ3v) is 0.655. The molecule has 0 fully saturated rings. The van der Waals surface area contributed by atoms with Crippen molar-refractivity contribution in [2.24, 2.45) is 0 Å². The predicted molar refractivity (Wildman–Crippen MR) is 38.0 cm³/mol. The van der Waals surface area contributed by atoms with Crippen LogP contribution in [-0.2, 0) is 4.74 Å². The van der Waals surface area contributed by atoms with Gasteiger partial charge in [0, 0.05) is 0 Å². The number of nitrogens with one attached hydrogen (secondary N) is 1. The lowest BCUT2D eigenvalue weighted by molar-refractivity contribution is 0.307. The summed E-state index contributed by atoms with van der Waals surface area (Å²) in [5.41, 5.74) is 1.09. The van der Waals surface area contributed by atoms with Gasteiger partial charge in [0.2, 0.25) is 0 Å². The van der Waals surface area contributed by atoms with E-state index in [9.17, 15) is 0 Å². The van der Waals surface area contributed by atoms with Gasteiger partial charge in [-0.15, -0.1) is 0 Å². The van der Waals surface area contributed by atoms with Crippen LogP contribution in [0.15, 0.2) is 0 Å². The molecule has 46 valence electrons.